The lowest BCUT2D eigenvalue weighted by Gasteiger charge is -2.09. The van der Waals surface area contributed by atoms with Gasteiger partial charge in [-0.25, -0.2) is 14.8 Å². The molecule has 104 valence electrons. The van der Waals surface area contributed by atoms with Crippen LogP contribution in [0.3, 0.4) is 0 Å². The van der Waals surface area contributed by atoms with Crippen molar-refractivity contribution in [2.45, 2.75) is 6.92 Å². The van der Waals surface area contributed by atoms with E-state index in [1.807, 2.05) is 31.2 Å². The van der Waals surface area contributed by atoms with Gasteiger partial charge in [0.15, 0.2) is 11.4 Å². The van der Waals surface area contributed by atoms with Gasteiger partial charge in [0.1, 0.15) is 11.3 Å². The first-order valence-corrected chi connectivity index (χ1v) is 6.37. The number of pyridine rings is 2. The maximum Gasteiger partial charge on any atom is 0.354 e. The van der Waals surface area contributed by atoms with Gasteiger partial charge in [0, 0.05) is 23.3 Å². The first kappa shape index (κ1) is 13.1. The van der Waals surface area contributed by atoms with E-state index in [9.17, 15) is 4.79 Å². The number of nitrogens with zero attached hydrogens (tertiary/aromatic N) is 2. The van der Waals surface area contributed by atoms with Gasteiger partial charge >= 0.3 is 5.97 Å². The summed E-state index contributed by atoms with van der Waals surface area (Å²) in [6.07, 6.45) is 1.41. The molecule has 3 aromatic rings. The van der Waals surface area contributed by atoms with E-state index in [4.69, 9.17) is 9.84 Å². The van der Waals surface area contributed by atoms with Crippen LogP contribution in [0.5, 0.6) is 11.5 Å². The van der Waals surface area contributed by atoms with Gasteiger partial charge in [0.05, 0.1) is 0 Å². The Morgan fingerprint density at radius 2 is 2.05 bits per heavy atom. The molecule has 0 radical (unpaired) electrons. The summed E-state index contributed by atoms with van der Waals surface area (Å²) in [5.74, 6) is -0.0933. The zero-order valence-corrected chi connectivity index (χ0v) is 11.3. The second-order valence-electron chi connectivity index (χ2n) is 4.56. The smallest absolute Gasteiger partial charge is 0.354 e. The molecule has 3 rings (SSSR count). The standard InChI is InChI=1S/C16H12N2O3/c1-10-5-6-11-3-2-4-14(15(11)18-10)21-12-7-8-17-13(9-12)16(19)20/h2-9H,1H3,(H,19,20). The fourth-order valence-corrected chi connectivity index (χ4v) is 2.02. The number of aromatic carboxylic acids is 1. The zero-order valence-electron chi connectivity index (χ0n) is 11.3. The van der Waals surface area contributed by atoms with Gasteiger partial charge in [-0.2, -0.15) is 0 Å². The lowest BCUT2D eigenvalue weighted by atomic mass is 10.2. The van der Waals surface area contributed by atoms with E-state index in [2.05, 4.69) is 9.97 Å². The average Bonchev–Trinajstić information content (AvgIpc) is 2.48. The van der Waals surface area contributed by atoms with Crippen molar-refractivity contribution >= 4 is 16.9 Å². The second-order valence-corrected chi connectivity index (χ2v) is 4.56. The Kier molecular flexibility index (Phi) is 3.23. The van der Waals surface area contributed by atoms with E-state index in [1.54, 1.807) is 12.1 Å². The molecule has 0 unspecified atom stereocenters. The molecule has 0 spiro atoms. The van der Waals surface area contributed by atoms with Gasteiger partial charge < -0.3 is 9.84 Å². The fourth-order valence-electron chi connectivity index (χ4n) is 2.02. The van der Waals surface area contributed by atoms with Crippen molar-refractivity contribution in [3.63, 3.8) is 0 Å². The molecule has 0 bridgehead atoms. The highest BCUT2D eigenvalue weighted by Gasteiger charge is 2.09. The second kappa shape index (κ2) is 5.20. The molecule has 21 heavy (non-hydrogen) atoms. The predicted molar refractivity (Wildman–Crippen MR) is 77.8 cm³/mol. The molecule has 1 aromatic carbocycles. The third-order valence-electron chi connectivity index (χ3n) is 3.00. The van der Waals surface area contributed by atoms with E-state index in [-0.39, 0.29) is 5.69 Å². The monoisotopic (exact) mass is 280 g/mol. The number of carboxylic acid groups (broad SMARTS) is 1. The molecule has 0 aliphatic rings. The zero-order chi connectivity index (χ0) is 14.8. The van der Waals surface area contributed by atoms with Gasteiger partial charge in [0.2, 0.25) is 0 Å². The minimum absolute atomic E-state index is 0.0584. The van der Waals surface area contributed by atoms with Gasteiger partial charge in [-0.3, -0.25) is 0 Å². The van der Waals surface area contributed by atoms with Crippen LogP contribution in [-0.4, -0.2) is 21.0 Å². The molecule has 0 fully saturated rings. The van der Waals surface area contributed by atoms with Gasteiger partial charge in [-0.05, 0) is 25.1 Å². The predicted octanol–water partition coefficient (Wildman–Crippen LogP) is 3.43. The number of hydrogen-bond acceptors (Lipinski definition) is 4. The number of rotatable bonds is 3. The van der Waals surface area contributed by atoms with E-state index in [0.717, 1.165) is 16.6 Å². The van der Waals surface area contributed by atoms with Crippen molar-refractivity contribution in [1.82, 2.24) is 9.97 Å². The summed E-state index contributed by atoms with van der Waals surface area (Å²) in [5.41, 5.74) is 1.57. The van der Waals surface area contributed by atoms with E-state index >= 15 is 0 Å². The maximum absolute atomic E-state index is 10.9. The van der Waals surface area contributed by atoms with E-state index < -0.39 is 5.97 Å². The largest absolute Gasteiger partial charge is 0.477 e. The minimum Gasteiger partial charge on any atom is -0.477 e. The van der Waals surface area contributed by atoms with Crippen LogP contribution < -0.4 is 4.74 Å². The molecule has 0 amide bonds. The maximum atomic E-state index is 10.9. The van der Waals surface area contributed by atoms with Crippen molar-refractivity contribution in [1.29, 1.82) is 0 Å². The number of hydrogen-bond donors (Lipinski definition) is 1. The number of aromatic nitrogens is 2. The van der Waals surface area contributed by atoms with Crippen molar-refractivity contribution in [3.05, 3.63) is 60.0 Å². The van der Waals surface area contributed by atoms with Crippen LogP contribution in [-0.2, 0) is 0 Å². The highest BCUT2D eigenvalue weighted by molar-refractivity contribution is 5.86. The van der Waals surface area contributed by atoms with Crippen molar-refractivity contribution in [2.75, 3.05) is 0 Å². The Hall–Kier alpha value is -2.95. The normalized spacial score (nSPS) is 10.5. The summed E-state index contributed by atoms with van der Waals surface area (Å²) in [6.45, 7) is 1.91. The molecule has 0 saturated heterocycles. The molecule has 2 aromatic heterocycles. The minimum atomic E-state index is -1.09. The topological polar surface area (TPSA) is 72.3 Å². The molecule has 1 N–H and O–H groups in total. The summed E-state index contributed by atoms with van der Waals surface area (Å²) in [7, 11) is 0. The van der Waals surface area contributed by atoms with E-state index in [1.165, 1.54) is 12.3 Å². The summed E-state index contributed by atoms with van der Waals surface area (Å²) in [6, 6.07) is 12.5. The van der Waals surface area contributed by atoms with E-state index in [0.29, 0.717) is 11.5 Å². The third kappa shape index (κ3) is 2.67. The third-order valence-corrected chi connectivity index (χ3v) is 3.00. The molecule has 2 heterocycles. The van der Waals surface area contributed by atoms with Crippen molar-refractivity contribution in [3.8, 4) is 11.5 Å². The number of aryl methyl sites for hydroxylation is 1. The van der Waals surface area contributed by atoms with Gasteiger partial charge in [0.25, 0.3) is 0 Å². The molecule has 0 aliphatic heterocycles. The number of fused-ring (bicyclic) bond motifs is 1. The lowest BCUT2D eigenvalue weighted by Crippen LogP contribution is -2.00. The SMILES string of the molecule is Cc1ccc2cccc(Oc3ccnc(C(=O)O)c3)c2n1. The molecule has 5 heteroatoms. The summed E-state index contributed by atoms with van der Waals surface area (Å²) >= 11 is 0. The lowest BCUT2D eigenvalue weighted by molar-refractivity contribution is 0.0690. The molecular formula is C16H12N2O3. The fraction of sp³-hybridized carbons (Fsp3) is 0.0625. The first-order valence-electron chi connectivity index (χ1n) is 6.37. The number of carboxylic acids is 1. The highest BCUT2D eigenvalue weighted by Crippen LogP contribution is 2.28. The number of ether oxygens (including phenoxy) is 1. The Balaban J connectivity index is 2.04. The average molecular weight is 280 g/mol. The first-order chi connectivity index (χ1) is 10.1. The molecule has 0 atom stereocenters. The molecule has 0 aliphatic carbocycles. The van der Waals surface area contributed by atoms with Crippen LogP contribution in [0.2, 0.25) is 0 Å². The Morgan fingerprint density at radius 1 is 1.19 bits per heavy atom. The van der Waals surface area contributed by atoms with Crippen LogP contribution in [0.25, 0.3) is 10.9 Å². The highest BCUT2D eigenvalue weighted by atomic mass is 16.5. The van der Waals surface area contributed by atoms with Crippen LogP contribution in [0.4, 0.5) is 0 Å². The number of carbonyl (C=O) groups is 1. The number of benzene rings is 1. The van der Waals surface area contributed by atoms with Crippen LogP contribution in [0, 0.1) is 6.92 Å². The van der Waals surface area contributed by atoms with Gasteiger partial charge in [-0.15, -0.1) is 0 Å². The molecule has 0 saturated carbocycles. The van der Waals surface area contributed by atoms with Gasteiger partial charge in [-0.1, -0.05) is 18.2 Å². The van der Waals surface area contributed by atoms with Crippen molar-refractivity contribution in [2.24, 2.45) is 0 Å². The Bertz CT molecular complexity index is 831. The Labute approximate surface area is 120 Å². The van der Waals surface area contributed by atoms with Crippen molar-refractivity contribution < 1.29 is 14.6 Å². The summed E-state index contributed by atoms with van der Waals surface area (Å²) in [5, 5.41) is 9.92. The summed E-state index contributed by atoms with van der Waals surface area (Å²) < 4.78 is 5.77. The Morgan fingerprint density at radius 3 is 2.86 bits per heavy atom. The molecule has 5 nitrogen and oxygen atoms in total. The number of para-hydroxylation sites is 1. The quantitative estimate of drug-likeness (QED) is 0.795. The molecular weight excluding hydrogens is 268 g/mol. The van der Waals surface area contributed by atoms with Crippen LogP contribution in [0.15, 0.2) is 48.7 Å². The van der Waals surface area contributed by atoms with Crippen LogP contribution >= 0.6 is 0 Å². The van der Waals surface area contributed by atoms with Crippen LogP contribution in [0.1, 0.15) is 16.2 Å². The summed E-state index contributed by atoms with van der Waals surface area (Å²) in [4.78, 5) is 19.2.